The van der Waals surface area contributed by atoms with Gasteiger partial charge >= 0.3 is 0 Å². The summed E-state index contributed by atoms with van der Waals surface area (Å²) in [5.74, 6) is 0. The molecular weight excluding hydrogens is 304 g/mol. The molecular formula is C14H25BrN4. The van der Waals surface area contributed by atoms with E-state index >= 15 is 0 Å². The molecule has 0 saturated heterocycles. The van der Waals surface area contributed by atoms with Crippen molar-refractivity contribution in [3.05, 3.63) is 15.9 Å². The zero-order valence-corrected chi connectivity index (χ0v) is 14.0. The van der Waals surface area contributed by atoms with Crippen molar-refractivity contribution in [3.63, 3.8) is 0 Å². The largest absolute Gasteiger partial charge is 0.309 e. The van der Waals surface area contributed by atoms with Crippen LogP contribution in [-0.2, 0) is 13.6 Å². The predicted octanol–water partition coefficient (Wildman–Crippen LogP) is 2.46. The molecule has 1 saturated carbocycles. The molecule has 1 aliphatic rings. The first-order chi connectivity index (χ1) is 8.96. The average Bonchev–Trinajstić information content (AvgIpc) is 2.91. The Morgan fingerprint density at radius 1 is 1.37 bits per heavy atom. The lowest BCUT2D eigenvalue weighted by Gasteiger charge is -2.36. The van der Waals surface area contributed by atoms with Crippen LogP contribution in [0.2, 0.25) is 0 Å². The van der Waals surface area contributed by atoms with Crippen LogP contribution < -0.4 is 5.32 Å². The SMILES string of the molecule is Cc1nn(C)c(CNCC2(N(C)C)CCCC2)c1Br. The van der Waals surface area contributed by atoms with Crippen LogP contribution in [0.5, 0.6) is 0 Å². The van der Waals surface area contributed by atoms with Gasteiger partial charge in [-0.1, -0.05) is 12.8 Å². The summed E-state index contributed by atoms with van der Waals surface area (Å²) in [5.41, 5.74) is 2.63. The first-order valence-corrected chi connectivity index (χ1v) is 7.82. The van der Waals surface area contributed by atoms with Gasteiger partial charge in [0, 0.05) is 25.7 Å². The van der Waals surface area contributed by atoms with E-state index in [2.05, 4.69) is 45.3 Å². The zero-order chi connectivity index (χ0) is 14.0. The summed E-state index contributed by atoms with van der Waals surface area (Å²) in [6, 6.07) is 0. The van der Waals surface area contributed by atoms with Gasteiger partial charge in [-0.3, -0.25) is 4.68 Å². The normalized spacial score (nSPS) is 18.4. The molecule has 1 fully saturated rings. The van der Waals surface area contributed by atoms with Crippen LogP contribution >= 0.6 is 15.9 Å². The van der Waals surface area contributed by atoms with Crippen LogP contribution in [-0.4, -0.2) is 40.9 Å². The molecule has 0 radical (unpaired) electrons. The number of hydrogen-bond donors (Lipinski definition) is 1. The highest BCUT2D eigenvalue weighted by atomic mass is 79.9. The summed E-state index contributed by atoms with van der Waals surface area (Å²) >= 11 is 3.62. The maximum atomic E-state index is 4.43. The molecule has 19 heavy (non-hydrogen) atoms. The van der Waals surface area contributed by atoms with Gasteiger partial charge in [0.2, 0.25) is 0 Å². The Balaban J connectivity index is 1.96. The second-order valence-electron chi connectivity index (χ2n) is 5.90. The summed E-state index contributed by atoms with van der Waals surface area (Å²) in [4.78, 5) is 2.40. The Bertz CT molecular complexity index is 433. The molecule has 5 heteroatoms. The minimum atomic E-state index is 0.347. The fraction of sp³-hybridized carbons (Fsp3) is 0.786. The lowest BCUT2D eigenvalue weighted by atomic mass is 9.96. The molecule has 1 N–H and O–H groups in total. The Morgan fingerprint density at radius 2 is 2.00 bits per heavy atom. The topological polar surface area (TPSA) is 33.1 Å². The number of halogens is 1. The minimum absolute atomic E-state index is 0.347. The lowest BCUT2D eigenvalue weighted by molar-refractivity contribution is 0.153. The number of likely N-dealkylation sites (N-methyl/N-ethyl adjacent to an activating group) is 1. The van der Waals surface area contributed by atoms with Gasteiger partial charge in [-0.2, -0.15) is 5.10 Å². The van der Waals surface area contributed by atoms with Crippen molar-refractivity contribution in [2.45, 2.75) is 44.7 Å². The van der Waals surface area contributed by atoms with E-state index in [9.17, 15) is 0 Å². The third-order valence-electron chi connectivity index (χ3n) is 4.49. The fourth-order valence-electron chi connectivity index (χ4n) is 3.10. The molecule has 1 heterocycles. The number of aryl methyl sites for hydroxylation is 2. The highest BCUT2D eigenvalue weighted by Crippen LogP contribution is 2.33. The Labute approximate surface area is 124 Å². The second-order valence-corrected chi connectivity index (χ2v) is 6.69. The third-order valence-corrected chi connectivity index (χ3v) is 5.52. The fourth-order valence-corrected chi connectivity index (χ4v) is 3.58. The quantitative estimate of drug-likeness (QED) is 0.901. The van der Waals surface area contributed by atoms with Crippen LogP contribution in [0.15, 0.2) is 4.47 Å². The molecule has 1 aromatic rings. The Hall–Kier alpha value is -0.390. The van der Waals surface area contributed by atoms with Crippen LogP contribution in [0.3, 0.4) is 0 Å². The van der Waals surface area contributed by atoms with Crippen molar-refractivity contribution in [1.82, 2.24) is 20.0 Å². The van der Waals surface area contributed by atoms with Gasteiger partial charge in [0.05, 0.1) is 15.9 Å². The van der Waals surface area contributed by atoms with Gasteiger partial charge < -0.3 is 10.2 Å². The minimum Gasteiger partial charge on any atom is -0.309 e. The highest BCUT2D eigenvalue weighted by Gasteiger charge is 2.35. The van der Waals surface area contributed by atoms with E-state index in [4.69, 9.17) is 0 Å². The summed E-state index contributed by atoms with van der Waals surface area (Å²) < 4.78 is 3.09. The van der Waals surface area contributed by atoms with Crippen molar-refractivity contribution >= 4 is 15.9 Å². The predicted molar refractivity (Wildman–Crippen MR) is 82.2 cm³/mol. The first kappa shape index (κ1) is 15.0. The summed E-state index contributed by atoms with van der Waals surface area (Å²) in [5, 5.41) is 8.06. The standard InChI is InChI=1S/C14H25BrN4/c1-11-13(15)12(19(4)17-11)9-16-10-14(18(2)3)7-5-6-8-14/h16H,5-10H2,1-4H3. The van der Waals surface area contributed by atoms with Gasteiger partial charge in [0.25, 0.3) is 0 Å². The molecule has 0 bridgehead atoms. The summed E-state index contributed by atoms with van der Waals surface area (Å²) in [7, 11) is 6.42. The van der Waals surface area contributed by atoms with Gasteiger partial charge in [0.15, 0.2) is 0 Å². The third kappa shape index (κ3) is 3.03. The zero-order valence-electron chi connectivity index (χ0n) is 12.5. The highest BCUT2D eigenvalue weighted by molar-refractivity contribution is 9.10. The smallest absolute Gasteiger partial charge is 0.0739 e. The number of nitrogens with one attached hydrogen (secondary N) is 1. The molecule has 1 aromatic heterocycles. The molecule has 1 aliphatic carbocycles. The van der Waals surface area contributed by atoms with E-state index in [0.717, 1.165) is 23.3 Å². The van der Waals surface area contributed by atoms with E-state index in [1.54, 1.807) is 0 Å². The molecule has 0 aliphatic heterocycles. The first-order valence-electron chi connectivity index (χ1n) is 7.02. The maximum absolute atomic E-state index is 4.43. The van der Waals surface area contributed by atoms with Gasteiger partial charge in [0.1, 0.15) is 0 Å². The van der Waals surface area contributed by atoms with E-state index in [1.807, 2.05) is 18.7 Å². The molecule has 0 amide bonds. The molecule has 0 spiro atoms. The Kier molecular flexibility index (Phi) is 4.69. The molecule has 0 aromatic carbocycles. The number of aromatic nitrogens is 2. The van der Waals surface area contributed by atoms with Crippen molar-refractivity contribution in [1.29, 1.82) is 0 Å². The molecule has 2 rings (SSSR count). The molecule has 0 unspecified atom stereocenters. The molecule has 0 atom stereocenters. The van der Waals surface area contributed by atoms with Crippen LogP contribution in [0.1, 0.15) is 37.1 Å². The molecule has 4 nitrogen and oxygen atoms in total. The summed E-state index contributed by atoms with van der Waals surface area (Å²) in [6.45, 7) is 3.95. The second kappa shape index (κ2) is 5.94. The van der Waals surface area contributed by atoms with Crippen molar-refractivity contribution in [3.8, 4) is 0 Å². The van der Waals surface area contributed by atoms with E-state index in [0.29, 0.717) is 5.54 Å². The van der Waals surface area contributed by atoms with Crippen molar-refractivity contribution in [2.75, 3.05) is 20.6 Å². The monoisotopic (exact) mass is 328 g/mol. The number of nitrogens with zero attached hydrogens (tertiary/aromatic N) is 3. The lowest BCUT2D eigenvalue weighted by Crippen LogP contribution is -2.49. The van der Waals surface area contributed by atoms with Gasteiger partial charge in [-0.25, -0.2) is 0 Å². The van der Waals surface area contributed by atoms with Crippen LogP contribution in [0, 0.1) is 6.92 Å². The maximum Gasteiger partial charge on any atom is 0.0739 e. The van der Waals surface area contributed by atoms with E-state index in [1.165, 1.54) is 31.4 Å². The van der Waals surface area contributed by atoms with Gasteiger partial charge in [-0.15, -0.1) is 0 Å². The average molecular weight is 329 g/mol. The number of rotatable bonds is 5. The Morgan fingerprint density at radius 3 is 2.47 bits per heavy atom. The van der Waals surface area contributed by atoms with Crippen LogP contribution in [0.4, 0.5) is 0 Å². The van der Waals surface area contributed by atoms with Crippen molar-refractivity contribution in [2.24, 2.45) is 7.05 Å². The van der Waals surface area contributed by atoms with Gasteiger partial charge in [-0.05, 0) is 49.8 Å². The molecule has 108 valence electrons. The van der Waals surface area contributed by atoms with E-state index < -0.39 is 0 Å². The number of hydrogen-bond acceptors (Lipinski definition) is 3. The van der Waals surface area contributed by atoms with Crippen molar-refractivity contribution < 1.29 is 0 Å². The van der Waals surface area contributed by atoms with E-state index in [-0.39, 0.29) is 0 Å². The van der Waals surface area contributed by atoms with Crippen LogP contribution in [0.25, 0.3) is 0 Å². The summed E-state index contributed by atoms with van der Waals surface area (Å²) in [6.07, 6.45) is 5.32.